The minimum absolute atomic E-state index is 0.0364. The fraction of sp³-hybridized carbons (Fsp3) is 0.357. The van der Waals surface area contributed by atoms with Gasteiger partial charge in [-0.05, 0) is 31.9 Å². The SMILES string of the molecule is CC(O)CCCNC(=O)/C=C/c1ccccc1[N+](=O)[O-]. The maximum atomic E-state index is 11.5. The van der Waals surface area contributed by atoms with Gasteiger partial charge in [0.15, 0.2) is 0 Å². The highest BCUT2D eigenvalue weighted by atomic mass is 16.6. The van der Waals surface area contributed by atoms with E-state index in [0.717, 1.165) is 0 Å². The number of hydrogen-bond donors (Lipinski definition) is 2. The lowest BCUT2D eigenvalue weighted by Gasteiger charge is -2.04. The normalized spacial score (nSPS) is 12.3. The number of carbonyl (C=O) groups is 1. The first kappa shape index (κ1) is 15.8. The van der Waals surface area contributed by atoms with E-state index in [1.165, 1.54) is 18.2 Å². The van der Waals surface area contributed by atoms with Crippen molar-refractivity contribution in [1.29, 1.82) is 0 Å². The summed E-state index contributed by atoms with van der Waals surface area (Å²) in [4.78, 5) is 21.8. The smallest absolute Gasteiger partial charge is 0.276 e. The zero-order valence-corrected chi connectivity index (χ0v) is 11.3. The summed E-state index contributed by atoms with van der Waals surface area (Å²) < 4.78 is 0. The van der Waals surface area contributed by atoms with Gasteiger partial charge in [0, 0.05) is 18.7 Å². The van der Waals surface area contributed by atoms with E-state index in [9.17, 15) is 14.9 Å². The molecule has 6 nitrogen and oxygen atoms in total. The Bertz CT molecular complexity index is 498. The van der Waals surface area contributed by atoms with Crippen molar-refractivity contribution in [2.75, 3.05) is 6.54 Å². The summed E-state index contributed by atoms with van der Waals surface area (Å²) in [5, 5.41) is 22.5. The molecule has 1 aromatic carbocycles. The summed E-state index contributed by atoms with van der Waals surface area (Å²) in [6.07, 6.45) is 3.61. The van der Waals surface area contributed by atoms with E-state index in [1.54, 1.807) is 25.1 Å². The van der Waals surface area contributed by atoms with Gasteiger partial charge in [-0.15, -0.1) is 0 Å². The number of nitro groups is 1. The summed E-state index contributed by atoms with van der Waals surface area (Å²) in [6, 6.07) is 6.22. The van der Waals surface area contributed by atoms with Crippen LogP contribution in [-0.2, 0) is 4.79 Å². The molecule has 0 aromatic heterocycles. The molecule has 0 fully saturated rings. The molecule has 0 aliphatic heterocycles. The van der Waals surface area contributed by atoms with Crippen molar-refractivity contribution in [2.45, 2.75) is 25.9 Å². The molecule has 0 saturated heterocycles. The molecule has 1 rings (SSSR count). The van der Waals surface area contributed by atoms with E-state index in [2.05, 4.69) is 5.32 Å². The van der Waals surface area contributed by atoms with E-state index < -0.39 is 4.92 Å². The fourth-order valence-corrected chi connectivity index (χ4v) is 1.63. The molecular weight excluding hydrogens is 260 g/mol. The minimum Gasteiger partial charge on any atom is -0.393 e. The van der Waals surface area contributed by atoms with Crippen molar-refractivity contribution in [3.05, 3.63) is 46.0 Å². The highest BCUT2D eigenvalue weighted by Gasteiger charge is 2.09. The van der Waals surface area contributed by atoms with Gasteiger partial charge in [-0.2, -0.15) is 0 Å². The molecule has 1 atom stereocenters. The van der Waals surface area contributed by atoms with Crippen LogP contribution < -0.4 is 5.32 Å². The van der Waals surface area contributed by atoms with Crippen molar-refractivity contribution in [1.82, 2.24) is 5.32 Å². The molecule has 0 spiro atoms. The molecular formula is C14H18N2O4. The zero-order valence-electron chi connectivity index (χ0n) is 11.3. The van der Waals surface area contributed by atoms with Crippen molar-refractivity contribution in [2.24, 2.45) is 0 Å². The van der Waals surface area contributed by atoms with Crippen LogP contribution in [0.15, 0.2) is 30.3 Å². The Kier molecular flexibility index (Phi) is 6.39. The largest absolute Gasteiger partial charge is 0.393 e. The molecule has 0 radical (unpaired) electrons. The lowest BCUT2D eigenvalue weighted by Crippen LogP contribution is -2.22. The summed E-state index contributed by atoms with van der Waals surface area (Å²) in [5.41, 5.74) is 0.349. The lowest BCUT2D eigenvalue weighted by atomic mass is 10.1. The summed E-state index contributed by atoms with van der Waals surface area (Å²) in [7, 11) is 0. The fourth-order valence-electron chi connectivity index (χ4n) is 1.63. The lowest BCUT2D eigenvalue weighted by molar-refractivity contribution is -0.385. The second-order valence-electron chi connectivity index (χ2n) is 4.43. The number of amides is 1. The van der Waals surface area contributed by atoms with E-state index in [4.69, 9.17) is 5.11 Å². The Morgan fingerprint density at radius 2 is 2.20 bits per heavy atom. The van der Waals surface area contributed by atoms with Gasteiger partial charge >= 0.3 is 0 Å². The topological polar surface area (TPSA) is 92.5 Å². The molecule has 6 heteroatoms. The Hall–Kier alpha value is -2.21. The van der Waals surface area contributed by atoms with E-state index in [-0.39, 0.29) is 17.7 Å². The standard InChI is InChI=1S/C14H18N2O4/c1-11(17)5-4-10-15-14(18)9-8-12-6-2-3-7-13(12)16(19)20/h2-3,6-9,11,17H,4-5,10H2,1H3,(H,15,18)/b9-8+. The summed E-state index contributed by atoms with van der Waals surface area (Å²) >= 11 is 0. The third kappa shape index (κ3) is 5.62. The maximum Gasteiger partial charge on any atom is 0.276 e. The summed E-state index contributed by atoms with van der Waals surface area (Å²) in [5.74, 6) is -0.311. The second kappa shape index (κ2) is 8.06. The molecule has 1 unspecified atom stereocenters. The molecule has 20 heavy (non-hydrogen) atoms. The van der Waals surface area contributed by atoms with Gasteiger partial charge < -0.3 is 10.4 Å². The Labute approximate surface area is 117 Å². The van der Waals surface area contributed by atoms with E-state index in [1.807, 2.05) is 0 Å². The molecule has 108 valence electrons. The van der Waals surface area contributed by atoms with Crippen LogP contribution >= 0.6 is 0 Å². The predicted molar refractivity (Wildman–Crippen MR) is 76.1 cm³/mol. The van der Waals surface area contributed by atoms with Crippen molar-refractivity contribution >= 4 is 17.7 Å². The number of carbonyl (C=O) groups excluding carboxylic acids is 1. The van der Waals surface area contributed by atoms with Gasteiger partial charge in [-0.3, -0.25) is 14.9 Å². The number of nitrogens with zero attached hydrogens (tertiary/aromatic N) is 1. The van der Waals surface area contributed by atoms with Gasteiger partial charge in [0.25, 0.3) is 5.69 Å². The van der Waals surface area contributed by atoms with Crippen LogP contribution in [0.4, 0.5) is 5.69 Å². The highest BCUT2D eigenvalue weighted by Crippen LogP contribution is 2.18. The van der Waals surface area contributed by atoms with E-state index >= 15 is 0 Å². The van der Waals surface area contributed by atoms with Crippen LogP contribution in [0.1, 0.15) is 25.3 Å². The van der Waals surface area contributed by atoms with Gasteiger partial charge in [0.05, 0.1) is 16.6 Å². The minimum atomic E-state index is -0.486. The number of hydrogen-bond acceptors (Lipinski definition) is 4. The van der Waals surface area contributed by atoms with Gasteiger partial charge in [0.1, 0.15) is 0 Å². The van der Waals surface area contributed by atoms with Gasteiger partial charge in [-0.25, -0.2) is 0 Å². The van der Waals surface area contributed by atoms with Crippen molar-refractivity contribution in [3.63, 3.8) is 0 Å². The zero-order chi connectivity index (χ0) is 15.0. The molecule has 1 aromatic rings. The third-order valence-electron chi connectivity index (χ3n) is 2.65. The van der Waals surface area contributed by atoms with Crippen LogP contribution in [0, 0.1) is 10.1 Å². The third-order valence-corrected chi connectivity index (χ3v) is 2.65. The van der Waals surface area contributed by atoms with Crippen LogP contribution in [0.25, 0.3) is 6.08 Å². The number of rotatable bonds is 7. The molecule has 0 heterocycles. The number of aliphatic hydroxyl groups is 1. The van der Waals surface area contributed by atoms with Crippen LogP contribution in [0.3, 0.4) is 0 Å². The number of nitrogens with one attached hydrogen (secondary N) is 1. The first-order valence-corrected chi connectivity index (χ1v) is 6.38. The molecule has 0 aliphatic carbocycles. The number of benzene rings is 1. The molecule has 1 amide bonds. The molecule has 0 saturated carbocycles. The van der Waals surface area contributed by atoms with Crippen LogP contribution in [0.5, 0.6) is 0 Å². The number of nitro benzene ring substituents is 1. The Morgan fingerprint density at radius 1 is 1.50 bits per heavy atom. The Morgan fingerprint density at radius 3 is 2.85 bits per heavy atom. The average Bonchev–Trinajstić information content (AvgIpc) is 2.41. The number of para-hydroxylation sites is 1. The predicted octanol–water partition coefficient (Wildman–Crippen LogP) is 1.89. The number of aliphatic hydroxyl groups excluding tert-OH is 1. The molecule has 2 N–H and O–H groups in total. The maximum absolute atomic E-state index is 11.5. The van der Waals surface area contributed by atoms with Crippen molar-refractivity contribution in [3.8, 4) is 0 Å². The first-order chi connectivity index (χ1) is 9.50. The van der Waals surface area contributed by atoms with Crippen LogP contribution in [0.2, 0.25) is 0 Å². The monoisotopic (exact) mass is 278 g/mol. The van der Waals surface area contributed by atoms with Gasteiger partial charge in [-0.1, -0.05) is 12.1 Å². The van der Waals surface area contributed by atoms with Crippen molar-refractivity contribution < 1.29 is 14.8 Å². The first-order valence-electron chi connectivity index (χ1n) is 6.38. The van der Waals surface area contributed by atoms with Crippen LogP contribution in [-0.4, -0.2) is 28.6 Å². The summed E-state index contributed by atoms with van der Waals surface area (Å²) in [6.45, 7) is 2.15. The van der Waals surface area contributed by atoms with Gasteiger partial charge in [0.2, 0.25) is 5.91 Å². The highest BCUT2D eigenvalue weighted by molar-refractivity contribution is 5.92. The molecule has 0 aliphatic rings. The molecule has 0 bridgehead atoms. The van der Waals surface area contributed by atoms with E-state index in [0.29, 0.717) is 24.9 Å². The quantitative estimate of drug-likeness (QED) is 0.345. The second-order valence-corrected chi connectivity index (χ2v) is 4.43. The average molecular weight is 278 g/mol. The Balaban J connectivity index is 2.51.